The molecule has 0 atom stereocenters. The SMILES string of the molecule is O=C(CN(CCN1CCOCC1)C(=O)c1cccc(F)c1)N1CCN(c2ccc(-c3ccc(F)cc3)nn2)CC1. The molecule has 0 N–H and O–H groups in total. The first kappa shape index (κ1) is 27.6. The van der Waals surface area contributed by atoms with Crippen molar-refractivity contribution >= 4 is 17.6 Å². The first-order chi connectivity index (χ1) is 19.5. The van der Waals surface area contributed by atoms with Gasteiger partial charge in [0.1, 0.15) is 18.2 Å². The van der Waals surface area contributed by atoms with Crippen LogP contribution in [0, 0.1) is 11.6 Å². The van der Waals surface area contributed by atoms with Crippen LogP contribution in [0.25, 0.3) is 11.3 Å². The van der Waals surface area contributed by atoms with Crippen molar-refractivity contribution < 1.29 is 23.1 Å². The van der Waals surface area contributed by atoms with Gasteiger partial charge in [-0.05, 0) is 54.6 Å². The number of carbonyl (C=O) groups is 2. The lowest BCUT2D eigenvalue weighted by molar-refractivity contribution is -0.132. The van der Waals surface area contributed by atoms with Gasteiger partial charge < -0.3 is 19.4 Å². The summed E-state index contributed by atoms with van der Waals surface area (Å²) in [6.07, 6.45) is 0. The molecule has 40 heavy (non-hydrogen) atoms. The molecule has 0 saturated carbocycles. The minimum atomic E-state index is -0.491. The fourth-order valence-corrected chi connectivity index (χ4v) is 4.86. The van der Waals surface area contributed by atoms with E-state index < -0.39 is 5.82 Å². The monoisotopic (exact) mass is 550 g/mol. The first-order valence-corrected chi connectivity index (χ1v) is 13.4. The number of amides is 2. The summed E-state index contributed by atoms with van der Waals surface area (Å²) in [6.45, 7) is 5.81. The van der Waals surface area contributed by atoms with Gasteiger partial charge in [-0.25, -0.2) is 8.78 Å². The van der Waals surface area contributed by atoms with Crippen molar-refractivity contribution in [2.75, 3.05) is 77.0 Å². The highest BCUT2D eigenvalue weighted by Gasteiger charge is 2.27. The van der Waals surface area contributed by atoms with Gasteiger partial charge in [0.15, 0.2) is 5.82 Å². The number of halogens is 2. The fourth-order valence-electron chi connectivity index (χ4n) is 4.86. The number of benzene rings is 2. The van der Waals surface area contributed by atoms with Crippen molar-refractivity contribution in [1.29, 1.82) is 0 Å². The Morgan fingerprint density at radius 2 is 1.60 bits per heavy atom. The maximum absolute atomic E-state index is 13.8. The highest BCUT2D eigenvalue weighted by Crippen LogP contribution is 2.20. The normalized spacial score (nSPS) is 16.1. The molecule has 9 nitrogen and oxygen atoms in total. The number of anilines is 1. The quantitative estimate of drug-likeness (QED) is 0.427. The van der Waals surface area contributed by atoms with E-state index in [9.17, 15) is 18.4 Å². The smallest absolute Gasteiger partial charge is 0.254 e. The average molecular weight is 551 g/mol. The van der Waals surface area contributed by atoms with Gasteiger partial charge in [-0.1, -0.05) is 6.07 Å². The summed E-state index contributed by atoms with van der Waals surface area (Å²) >= 11 is 0. The van der Waals surface area contributed by atoms with Crippen LogP contribution in [0.3, 0.4) is 0 Å². The molecule has 0 aliphatic carbocycles. The topological polar surface area (TPSA) is 82.1 Å². The zero-order valence-electron chi connectivity index (χ0n) is 22.2. The standard InChI is InChI=1S/C29H32F2N6O3/c30-24-6-4-22(5-7-24)26-8-9-27(33-32-26)35-12-14-36(15-13-35)28(38)21-37(11-10-34-16-18-40-19-17-34)29(39)23-2-1-3-25(31)20-23/h1-9,20H,10-19,21H2. The summed E-state index contributed by atoms with van der Waals surface area (Å²) in [5, 5.41) is 8.62. The number of aromatic nitrogens is 2. The van der Waals surface area contributed by atoms with Crippen LogP contribution >= 0.6 is 0 Å². The summed E-state index contributed by atoms with van der Waals surface area (Å²) in [7, 11) is 0. The highest BCUT2D eigenvalue weighted by atomic mass is 19.1. The Kier molecular flexibility index (Phi) is 8.92. The predicted molar refractivity (Wildman–Crippen MR) is 146 cm³/mol. The number of hydrogen-bond acceptors (Lipinski definition) is 7. The lowest BCUT2D eigenvalue weighted by Crippen LogP contribution is -2.53. The van der Waals surface area contributed by atoms with E-state index in [1.807, 2.05) is 12.1 Å². The number of carbonyl (C=O) groups excluding carboxylic acids is 2. The van der Waals surface area contributed by atoms with E-state index in [0.717, 1.165) is 18.7 Å². The molecule has 210 valence electrons. The molecule has 0 radical (unpaired) electrons. The van der Waals surface area contributed by atoms with Crippen LogP contribution in [-0.4, -0.2) is 109 Å². The van der Waals surface area contributed by atoms with E-state index in [1.165, 1.54) is 35.2 Å². The maximum atomic E-state index is 13.8. The Morgan fingerprint density at radius 3 is 2.27 bits per heavy atom. The average Bonchev–Trinajstić information content (AvgIpc) is 3.00. The molecule has 1 aromatic heterocycles. The zero-order chi connectivity index (χ0) is 27.9. The molecule has 3 heterocycles. The van der Waals surface area contributed by atoms with Crippen LogP contribution in [0.2, 0.25) is 0 Å². The van der Waals surface area contributed by atoms with Crippen LogP contribution in [0.5, 0.6) is 0 Å². The van der Waals surface area contributed by atoms with Crippen molar-refractivity contribution in [2.24, 2.45) is 0 Å². The molecule has 2 aliphatic heterocycles. The number of hydrogen-bond donors (Lipinski definition) is 0. The molecule has 0 bridgehead atoms. The Labute approximate surface area is 231 Å². The Balaban J connectivity index is 1.18. The molecule has 2 saturated heterocycles. The molecule has 2 fully saturated rings. The van der Waals surface area contributed by atoms with Gasteiger partial charge in [0.25, 0.3) is 5.91 Å². The Hall–Kier alpha value is -3.96. The van der Waals surface area contributed by atoms with Crippen molar-refractivity contribution in [3.8, 4) is 11.3 Å². The summed E-state index contributed by atoms with van der Waals surface area (Å²) in [5.74, 6) is -0.610. The third-order valence-electron chi connectivity index (χ3n) is 7.22. The Morgan fingerprint density at radius 1 is 0.850 bits per heavy atom. The number of ether oxygens (including phenoxy) is 1. The van der Waals surface area contributed by atoms with Crippen LogP contribution in [-0.2, 0) is 9.53 Å². The minimum Gasteiger partial charge on any atom is -0.379 e. The second kappa shape index (κ2) is 12.9. The largest absolute Gasteiger partial charge is 0.379 e. The van der Waals surface area contributed by atoms with E-state index in [4.69, 9.17) is 4.74 Å². The molecule has 2 aliphatic rings. The van der Waals surface area contributed by atoms with Gasteiger partial charge >= 0.3 is 0 Å². The lowest BCUT2D eigenvalue weighted by Gasteiger charge is -2.36. The second-order valence-corrected chi connectivity index (χ2v) is 9.84. The molecular weight excluding hydrogens is 518 g/mol. The first-order valence-electron chi connectivity index (χ1n) is 13.4. The molecule has 2 aromatic carbocycles. The summed E-state index contributed by atoms with van der Waals surface area (Å²) < 4.78 is 32.4. The van der Waals surface area contributed by atoms with Crippen molar-refractivity contribution in [3.63, 3.8) is 0 Å². The fraction of sp³-hybridized carbons (Fsp3) is 0.379. The minimum absolute atomic E-state index is 0.0775. The lowest BCUT2D eigenvalue weighted by atomic mass is 10.1. The number of nitrogens with zero attached hydrogens (tertiary/aromatic N) is 6. The molecule has 0 spiro atoms. The Bertz CT molecular complexity index is 1290. The van der Waals surface area contributed by atoms with Gasteiger partial charge in [-0.2, -0.15) is 0 Å². The molecular formula is C29H32F2N6O3. The molecule has 3 aromatic rings. The third kappa shape index (κ3) is 6.97. The van der Waals surface area contributed by atoms with Gasteiger partial charge in [0.05, 0.1) is 18.9 Å². The van der Waals surface area contributed by atoms with Crippen LogP contribution < -0.4 is 4.90 Å². The molecule has 0 unspecified atom stereocenters. The van der Waals surface area contributed by atoms with Crippen molar-refractivity contribution in [3.05, 3.63) is 77.9 Å². The summed E-state index contributed by atoms with van der Waals surface area (Å²) in [6, 6.07) is 15.4. The number of piperazine rings is 1. The van der Waals surface area contributed by atoms with Crippen molar-refractivity contribution in [1.82, 2.24) is 24.9 Å². The highest BCUT2D eigenvalue weighted by molar-refractivity contribution is 5.96. The predicted octanol–water partition coefficient (Wildman–Crippen LogP) is 2.54. The van der Waals surface area contributed by atoms with Gasteiger partial charge in [0, 0.05) is 63.5 Å². The van der Waals surface area contributed by atoms with E-state index in [0.29, 0.717) is 64.0 Å². The zero-order valence-corrected chi connectivity index (χ0v) is 22.2. The van der Waals surface area contributed by atoms with E-state index in [2.05, 4.69) is 20.0 Å². The molecule has 5 rings (SSSR count). The van der Waals surface area contributed by atoms with Gasteiger partial charge in [-0.3, -0.25) is 14.5 Å². The van der Waals surface area contributed by atoms with Crippen LogP contribution in [0.15, 0.2) is 60.7 Å². The van der Waals surface area contributed by atoms with E-state index >= 15 is 0 Å². The van der Waals surface area contributed by atoms with Crippen LogP contribution in [0.1, 0.15) is 10.4 Å². The third-order valence-corrected chi connectivity index (χ3v) is 7.22. The second-order valence-electron chi connectivity index (χ2n) is 9.84. The van der Waals surface area contributed by atoms with E-state index in [-0.39, 0.29) is 29.7 Å². The van der Waals surface area contributed by atoms with Gasteiger partial charge in [-0.15, -0.1) is 10.2 Å². The number of rotatable bonds is 8. The summed E-state index contributed by atoms with van der Waals surface area (Å²) in [4.78, 5) is 34.1. The summed E-state index contributed by atoms with van der Waals surface area (Å²) in [5.41, 5.74) is 1.65. The molecule has 11 heteroatoms. The number of morpholine rings is 1. The van der Waals surface area contributed by atoms with E-state index in [1.54, 1.807) is 23.1 Å². The van der Waals surface area contributed by atoms with Gasteiger partial charge in [0.2, 0.25) is 5.91 Å². The van der Waals surface area contributed by atoms with Crippen molar-refractivity contribution in [2.45, 2.75) is 0 Å². The molecule has 2 amide bonds. The maximum Gasteiger partial charge on any atom is 0.254 e. The van der Waals surface area contributed by atoms with Crippen LogP contribution in [0.4, 0.5) is 14.6 Å².